The minimum absolute atomic E-state index is 0.371. The summed E-state index contributed by atoms with van der Waals surface area (Å²) in [5.41, 5.74) is 0.950. The first kappa shape index (κ1) is 8.84. The van der Waals surface area contributed by atoms with E-state index in [0.717, 1.165) is 6.20 Å². The van der Waals surface area contributed by atoms with Crippen LogP contribution in [-0.4, -0.2) is 9.97 Å². The van der Waals surface area contributed by atoms with Gasteiger partial charge in [0.15, 0.2) is 0 Å². The van der Waals surface area contributed by atoms with Gasteiger partial charge in [-0.2, -0.15) is 4.39 Å². The molecule has 0 radical (unpaired) electrons. The molecule has 0 amide bonds. The number of rotatable bonds is 0. The highest BCUT2D eigenvalue weighted by Gasteiger charge is 2.06. The van der Waals surface area contributed by atoms with Crippen LogP contribution in [0, 0.1) is 5.95 Å². The van der Waals surface area contributed by atoms with Crippen LogP contribution in [0.5, 0.6) is 0 Å². The molecule has 0 saturated heterocycles. The topological polar surface area (TPSA) is 25.8 Å². The molecular weight excluding hydrogens is 258 g/mol. The van der Waals surface area contributed by atoms with Gasteiger partial charge >= 0.3 is 0 Å². The van der Waals surface area contributed by atoms with Crippen LogP contribution < -0.4 is 0 Å². The zero-order valence-corrected chi connectivity index (χ0v) is 8.60. The van der Waals surface area contributed by atoms with Gasteiger partial charge in [0, 0.05) is 4.47 Å². The Morgan fingerprint density at radius 3 is 2.92 bits per heavy atom. The first-order valence-electron chi connectivity index (χ1n) is 3.45. The number of fused-ring (bicyclic) bond motifs is 1. The highest BCUT2D eigenvalue weighted by atomic mass is 79.9. The van der Waals surface area contributed by atoms with E-state index in [9.17, 15) is 4.39 Å². The second-order valence-corrected chi connectivity index (χ2v) is 3.65. The van der Waals surface area contributed by atoms with Crippen LogP contribution in [0.15, 0.2) is 22.8 Å². The van der Waals surface area contributed by atoms with Crippen molar-refractivity contribution in [3.63, 3.8) is 0 Å². The SMILES string of the molecule is Fc1cnc2ccc(Br)c(Cl)c2n1. The average molecular weight is 261 g/mol. The molecule has 0 aliphatic rings. The lowest BCUT2D eigenvalue weighted by atomic mass is 10.3. The quantitative estimate of drug-likeness (QED) is 0.728. The second-order valence-electron chi connectivity index (χ2n) is 2.42. The number of halogens is 3. The van der Waals surface area contributed by atoms with Gasteiger partial charge in [0.25, 0.3) is 0 Å². The van der Waals surface area contributed by atoms with Gasteiger partial charge in [-0.3, -0.25) is 0 Å². The zero-order chi connectivity index (χ0) is 9.42. The van der Waals surface area contributed by atoms with Gasteiger partial charge in [0.05, 0.1) is 16.7 Å². The molecule has 1 aromatic heterocycles. The van der Waals surface area contributed by atoms with Crippen LogP contribution in [0.1, 0.15) is 0 Å². The van der Waals surface area contributed by atoms with Crippen LogP contribution in [-0.2, 0) is 0 Å². The summed E-state index contributed by atoms with van der Waals surface area (Å²) in [4.78, 5) is 7.48. The van der Waals surface area contributed by atoms with E-state index in [1.807, 2.05) is 0 Å². The van der Waals surface area contributed by atoms with Crippen molar-refractivity contribution in [1.82, 2.24) is 9.97 Å². The Labute approximate surface area is 86.9 Å². The molecule has 2 rings (SSSR count). The first-order valence-corrected chi connectivity index (χ1v) is 4.62. The second kappa shape index (κ2) is 3.20. The Morgan fingerprint density at radius 2 is 2.15 bits per heavy atom. The van der Waals surface area contributed by atoms with Crippen LogP contribution in [0.25, 0.3) is 11.0 Å². The summed E-state index contributed by atoms with van der Waals surface area (Å²) >= 11 is 9.10. The first-order chi connectivity index (χ1) is 6.18. The summed E-state index contributed by atoms with van der Waals surface area (Å²) in [6.45, 7) is 0. The molecule has 13 heavy (non-hydrogen) atoms. The average Bonchev–Trinajstić information content (AvgIpc) is 2.12. The molecule has 0 bridgehead atoms. The lowest BCUT2D eigenvalue weighted by molar-refractivity contribution is 0.583. The van der Waals surface area contributed by atoms with Gasteiger partial charge in [-0.1, -0.05) is 11.6 Å². The maximum atomic E-state index is 12.7. The Balaban J connectivity index is 2.89. The molecule has 1 aromatic carbocycles. The predicted octanol–water partition coefficient (Wildman–Crippen LogP) is 3.18. The number of nitrogens with zero attached hydrogens (tertiary/aromatic N) is 2. The number of hydrogen-bond donors (Lipinski definition) is 0. The Morgan fingerprint density at radius 1 is 1.38 bits per heavy atom. The Hall–Kier alpha value is -0.740. The van der Waals surface area contributed by atoms with E-state index in [2.05, 4.69) is 25.9 Å². The molecule has 0 saturated carbocycles. The fraction of sp³-hybridized carbons (Fsp3) is 0. The van der Waals surface area contributed by atoms with Crippen LogP contribution in [0.4, 0.5) is 4.39 Å². The molecule has 66 valence electrons. The van der Waals surface area contributed by atoms with Crippen molar-refractivity contribution in [2.45, 2.75) is 0 Å². The molecule has 0 fully saturated rings. The smallest absolute Gasteiger partial charge is 0.231 e. The number of aromatic nitrogens is 2. The van der Waals surface area contributed by atoms with Gasteiger partial charge in [-0.05, 0) is 28.1 Å². The minimum atomic E-state index is -0.632. The van der Waals surface area contributed by atoms with Crippen LogP contribution in [0.2, 0.25) is 5.02 Å². The third-order valence-corrected chi connectivity index (χ3v) is 2.85. The fourth-order valence-electron chi connectivity index (χ4n) is 0.999. The van der Waals surface area contributed by atoms with Crippen molar-refractivity contribution < 1.29 is 4.39 Å². The molecule has 5 heteroatoms. The van der Waals surface area contributed by atoms with Crippen LogP contribution >= 0.6 is 27.5 Å². The van der Waals surface area contributed by atoms with Crippen molar-refractivity contribution in [3.05, 3.63) is 33.8 Å². The maximum absolute atomic E-state index is 12.7. The summed E-state index contributed by atoms with van der Waals surface area (Å²) in [6, 6.07) is 3.47. The van der Waals surface area contributed by atoms with E-state index in [4.69, 9.17) is 11.6 Å². The minimum Gasteiger partial charge on any atom is -0.250 e. The van der Waals surface area contributed by atoms with E-state index in [1.165, 1.54) is 0 Å². The van der Waals surface area contributed by atoms with Crippen LogP contribution in [0.3, 0.4) is 0 Å². The van der Waals surface area contributed by atoms with Gasteiger partial charge in [0.2, 0.25) is 5.95 Å². The molecule has 0 unspecified atom stereocenters. The lowest BCUT2D eigenvalue weighted by Crippen LogP contribution is -1.88. The largest absolute Gasteiger partial charge is 0.250 e. The maximum Gasteiger partial charge on any atom is 0.231 e. The molecule has 0 aliphatic carbocycles. The van der Waals surface area contributed by atoms with E-state index in [0.29, 0.717) is 20.5 Å². The third-order valence-electron chi connectivity index (χ3n) is 1.58. The summed E-state index contributed by atoms with van der Waals surface area (Å²) in [7, 11) is 0. The van der Waals surface area contributed by atoms with Gasteiger partial charge in [0.1, 0.15) is 5.52 Å². The summed E-state index contributed by atoms with van der Waals surface area (Å²) in [5, 5.41) is 0.379. The highest BCUT2D eigenvalue weighted by Crippen LogP contribution is 2.28. The molecule has 1 heterocycles. The van der Waals surface area contributed by atoms with Crippen molar-refractivity contribution in [3.8, 4) is 0 Å². The van der Waals surface area contributed by atoms with Crippen molar-refractivity contribution in [2.75, 3.05) is 0 Å². The Bertz CT molecular complexity index is 470. The number of hydrogen-bond acceptors (Lipinski definition) is 2. The summed E-state index contributed by atoms with van der Waals surface area (Å²) < 4.78 is 13.4. The molecule has 0 N–H and O–H groups in total. The highest BCUT2D eigenvalue weighted by molar-refractivity contribution is 9.10. The molecule has 2 nitrogen and oxygen atoms in total. The predicted molar refractivity (Wildman–Crippen MR) is 52.2 cm³/mol. The fourth-order valence-corrected chi connectivity index (χ4v) is 1.52. The van der Waals surface area contributed by atoms with E-state index in [1.54, 1.807) is 12.1 Å². The summed E-state index contributed by atoms with van der Waals surface area (Å²) in [5.74, 6) is -0.632. The van der Waals surface area contributed by atoms with Crippen molar-refractivity contribution in [2.24, 2.45) is 0 Å². The standard InChI is InChI=1S/C8H3BrClFN2/c9-4-1-2-5-8(7(4)10)13-6(11)3-12-5/h1-3H. The molecule has 0 aliphatic heterocycles. The van der Waals surface area contributed by atoms with Gasteiger partial charge < -0.3 is 0 Å². The molecule has 0 spiro atoms. The number of benzene rings is 1. The third kappa shape index (κ3) is 1.51. The molecule has 2 aromatic rings. The van der Waals surface area contributed by atoms with E-state index < -0.39 is 5.95 Å². The van der Waals surface area contributed by atoms with Gasteiger partial charge in [-0.25, -0.2) is 9.97 Å². The van der Waals surface area contributed by atoms with E-state index in [-0.39, 0.29) is 0 Å². The summed E-state index contributed by atoms with van der Waals surface area (Å²) in [6.07, 6.45) is 1.06. The normalized spacial score (nSPS) is 10.7. The lowest BCUT2D eigenvalue weighted by Gasteiger charge is -2.00. The van der Waals surface area contributed by atoms with Crippen molar-refractivity contribution >= 4 is 38.6 Å². The van der Waals surface area contributed by atoms with E-state index >= 15 is 0 Å². The van der Waals surface area contributed by atoms with Gasteiger partial charge in [-0.15, -0.1) is 0 Å². The zero-order valence-electron chi connectivity index (χ0n) is 6.26. The molecular formula is C8H3BrClFN2. The Kier molecular flexibility index (Phi) is 2.17. The molecule has 0 atom stereocenters. The van der Waals surface area contributed by atoms with Crippen molar-refractivity contribution in [1.29, 1.82) is 0 Å². The monoisotopic (exact) mass is 260 g/mol.